The van der Waals surface area contributed by atoms with Crippen LogP contribution in [0.3, 0.4) is 0 Å². The molecule has 0 bridgehead atoms. The smallest absolute Gasteiger partial charge is 0.407 e. The SMILES string of the molecule is CC(C)C(NC(=O)Cn1c(=O)oc2cc([N+](=O)[O-])ccc21)c1cccs1. The van der Waals surface area contributed by atoms with Gasteiger partial charge in [0.15, 0.2) is 5.58 Å². The van der Waals surface area contributed by atoms with Crippen molar-refractivity contribution in [1.29, 1.82) is 0 Å². The molecule has 2 aromatic heterocycles. The monoisotopic (exact) mass is 375 g/mol. The number of amides is 1. The Bertz CT molecular complexity index is 1000. The number of nitrogens with zero attached hydrogens (tertiary/aromatic N) is 2. The number of oxazole rings is 1. The summed E-state index contributed by atoms with van der Waals surface area (Å²) >= 11 is 1.55. The van der Waals surface area contributed by atoms with E-state index in [0.717, 1.165) is 4.88 Å². The Balaban J connectivity index is 1.84. The Hall–Kier alpha value is -2.94. The highest BCUT2D eigenvalue weighted by molar-refractivity contribution is 7.10. The number of hydrogen-bond acceptors (Lipinski definition) is 6. The average molecular weight is 375 g/mol. The largest absolute Gasteiger partial charge is 0.420 e. The average Bonchev–Trinajstić information content (AvgIpc) is 3.20. The minimum Gasteiger partial charge on any atom is -0.407 e. The first-order valence-corrected chi connectivity index (χ1v) is 8.85. The molecule has 0 aliphatic carbocycles. The van der Waals surface area contributed by atoms with Crippen LogP contribution in [-0.2, 0) is 11.3 Å². The molecule has 9 heteroatoms. The van der Waals surface area contributed by atoms with Gasteiger partial charge in [-0.25, -0.2) is 4.79 Å². The molecule has 1 aromatic carbocycles. The number of rotatable bonds is 6. The number of hydrogen-bond donors (Lipinski definition) is 1. The number of thiophene rings is 1. The predicted molar refractivity (Wildman–Crippen MR) is 97.2 cm³/mol. The van der Waals surface area contributed by atoms with E-state index in [-0.39, 0.29) is 35.7 Å². The van der Waals surface area contributed by atoms with Crippen LogP contribution < -0.4 is 11.1 Å². The number of carbonyl (C=O) groups excluding carboxylic acids is 1. The molecule has 0 saturated carbocycles. The van der Waals surface area contributed by atoms with Crippen molar-refractivity contribution < 1.29 is 14.1 Å². The molecular formula is C17H17N3O5S. The molecule has 26 heavy (non-hydrogen) atoms. The Kier molecular flexibility index (Phi) is 4.90. The lowest BCUT2D eigenvalue weighted by Crippen LogP contribution is -2.35. The van der Waals surface area contributed by atoms with Crippen molar-refractivity contribution >= 4 is 34.0 Å². The molecule has 0 aliphatic rings. The summed E-state index contributed by atoms with van der Waals surface area (Å²) in [5.41, 5.74) is 0.240. The van der Waals surface area contributed by atoms with E-state index in [9.17, 15) is 19.7 Å². The van der Waals surface area contributed by atoms with Gasteiger partial charge in [-0.1, -0.05) is 19.9 Å². The van der Waals surface area contributed by atoms with Crippen LogP contribution in [0.1, 0.15) is 24.8 Å². The molecular weight excluding hydrogens is 358 g/mol. The summed E-state index contributed by atoms with van der Waals surface area (Å²) in [7, 11) is 0. The van der Waals surface area contributed by atoms with Gasteiger partial charge < -0.3 is 9.73 Å². The topological polar surface area (TPSA) is 107 Å². The highest BCUT2D eigenvalue weighted by atomic mass is 32.1. The Labute approximate surface area is 152 Å². The number of non-ortho nitro benzene ring substituents is 1. The fourth-order valence-corrected chi connectivity index (χ4v) is 3.66. The van der Waals surface area contributed by atoms with Gasteiger partial charge in [-0.2, -0.15) is 0 Å². The molecule has 2 heterocycles. The van der Waals surface area contributed by atoms with Crippen LogP contribution in [0.4, 0.5) is 5.69 Å². The lowest BCUT2D eigenvalue weighted by Gasteiger charge is -2.21. The maximum absolute atomic E-state index is 12.5. The van der Waals surface area contributed by atoms with Crippen molar-refractivity contribution in [3.63, 3.8) is 0 Å². The van der Waals surface area contributed by atoms with Gasteiger partial charge in [-0.3, -0.25) is 19.5 Å². The van der Waals surface area contributed by atoms with E-state index >= 15 is 0 Å². The van der Waals surface area contributed by atoms with Crippen LogP contribution in [0.2, 0.25) is 0 Å². The van der Waals surface area contributed by atoms with Gasteiger partial charge in [-0.15, -0.1) is 11.3 Å². The molecule has 0 saturated heterocycles. The minimum atomic E-state index is -0.729. The van der Waals surface area contributed by atoms with Crippen LogP contribution >= 0.6 is 11.3 Å². The molecule has 1 unspecified atom stereocenters. The van der Waals surface area contributed by atoms with Crippen molar-refractivity contribution in [2.24, 2.45) is 5.92 Å². The molecule has 0 aliphatic heterocycles. The number of fused-ring (bicyclic) bond motifs is 1. The second-order valence-corrected chi connectivity index (χ2v) is 7.15. The fourth-order valence-electron chi connectivity index (χ4n) is 2.72. The third-order valence-electron chi connectivity index (χ3n) is 4.00. The predicted octanol–water partition coefficient (Wildman–Crippen LogP) is 3.08. The molecule has 3 rings (SSSR count). The van der Waals surface area contributed by atoms with Crippen LogP contribution in [0, 0.1) is 16.0 Å². The zero-order chi connectivity index (χ0) is 18.8. The number of nitrogens with one attached hydrogen (secondary N) is 1. The van der Waals surface area contributed by atoms with E-state index in [1.807, 2.05) is 31.4 Å². The van der Waals surface area contributed by atoms with Gasteiger partial charge in [0.25, 0.3) is 5.69 Å². The normalized spacial score (nSPS) is 12.4. The van der Waals surface area contributed by atoms with Gasteiger partial charge in [0, 0.05) is 10.9 Å². The summed E-state index contributed by atoms with van der Waals surface area (Å²) in [4.78, 5) is 35.8. The Morgan fingerprint density at radius 2 is 2.15 bits per heavy atom. The molecule has 3 aromatic rings. The van der Waals surface area contributed by atoms with Crippen molar-refractivity contribution in [2.75, 3.05) is 0 Å². The summed E-state index contributed by atoms with van der Waals surface area (Å²) in [6.07, 6.45) is 0. The van der Waals surface area contributed by atoms with Gasteiger partial charge >= 0.3 is 5.76 Å². The lowest BCUT2D eigenvalue weighted by atomic mass is 10.0. The van der Waals surface area contributed by atoms with Crippen LogP contribution in [0.5, 0.6) is 0 Å². The molecule has 1 N–H and O–H groups in total. The van der Waals surface area contributed by atoms with E-state index < -0.39 is 10.7 Å². The number of benzene rings is 1. The Morgan fingerprint density at radius 1 is 1.38 bits per heavy atom. The molecule has 1 amide bonds. The molecule has 0 spiro atoms. The first kappa shape index (κ1) is 17.9. The standard InChI is InChI=1S/C17H17N3O5S/c1-10(2)16(14-4-3-7-26-14)18-15(21)9-19-12-6-5-11(20(23)24)8-13(12)25-17(19)22/h3-8,10,16H,9H2,1-2H3,(H,18,21). The zero-order valence-corrected chi connectivity index (χ0v) is 15.0. The van der Waals surface area contributed by atoms with E-state index in [2.05, 4.69) is 5.32 Å². The number of nitro groups is 1. The highest BCUT2D eigenvalue weighted by Gasteiger charge is 2.21. The first-order chi connectivity index (χ1) is 12.4. The molecule has 1 atom stereocenters. The van der Waals surface area contributed by atoms with Crippen molar-refractivity contribution in [3.8, 4) is 0 Å². The molecule has 8 nitrogen and oxygen atoms in total. The van der Waals surface area contributed by atoms with Crippen LogP contribution in [-0.4, -0.2) is 15.4 Å². The maximum Gasteiger partial charge on any atom is 0.420 e. The highest BCUT2D eigenvalue weighted by Crippen LogP contribution is 2.26. The third-order valence-corrected chi connectivity index (χ3v) is 4.95. The second-order valence-electron chi connectivity index (χ2n) is 6.17. The zero-order valence-electron chi connectivity index (χ0n) is 14.2. The second kappa shape index (κ2) is 7.12. The van der Waals surface area contributed by atoms with Gasteiger partial charge in [-0.05, 0) is 23.4 Å². The number of carbonyl (C=O) groups is 1. The third kappa shape index (κ3) is 3.52. The van der Waals surface area contributed by atoms with Crippen molar-refractivity contribution in [1.82, 2.24) is 9.88 Å². The maximum atomic E-state index is 12.5. The lowest BCUT2D eigenvalue weighted by molar-refractivity contribution is -0.384. The fraction of sp³-hybridized carbons (Fsp3) is 0.294. The number of nitro benzene ring substituents is 1. The summed E-state index contributed by atoms with van der Waals surface area (Å²) in [5, 5.41) is 15.7. The summed E-state index contributed by atoms with van der Waals surface area (Å²) in [5.74, 6) is -0.883. The molecule has 0 fully saturated rings. The van der Waals surface area contributed by atoms with Gasteiger partial charge in [0.2, 0.25) is 5.91 Å². The number of aromatic nitrogens is 1. The van der Waals surface area contributed by atoms with Gasteiger partial charge in [0.05, 0.1) is 22.5 Å². The van der Waals surface area contributed by atoms with E-state index in [1.165, 1.54) is 22.8 Å². The first-order valence-electron chi connectivity index (χ1n) is 7.97. The summed E-state index contributed by atoms with van der Waals surface area (Å²) in [6, 6.07) is 7.57. The quantitative estimate of drug-likeness (QED) is 0.526. The minimum absolute atomic E-state index is 0.0793. The van der Waals surface area contributed by atoms with Crippen molar-refractivity contribution in [2.45, 2.75) is 26.4 Å². The van der Waals surface area contributed by atoms with E-state index in [1.54, 1.807) is 11.3 Å². The molecule has 0 radical (unpaired) electrons. The van der Waals surface area contributed by atoms with Gasteiger partial charge in [0.1, 0.15) is 6.54 Å². The van der Waals surface area contributed by atoms with Crippen LogP contribution in [0.15, 0.2) is 44.9 Å². The van der Waals surface area contributed by atoms with Crippen molar-refractivity contribution in [3.05, 3.63) is 61.3 Å². The van der Waals surface area contributed by atoms with E-state index in [0.29, 0.717) is 5.52 Å². The Morgan fingerprint density at radius 3 is 2.77 bits per heavy atom. The summed E-state index contributed by atoms with van der Waals surface area (Å²) in [6.45, 7) is 3.78. The van der Waals surface area contributed by atoms with E-state index in [4.69, 9.17) is 4.42 Å². The molecule has 136 valence electrons. The van der Waals surface area contributed by atoms with Crippen LogP contribution in [0.25, 0.3) is 11.1 Å². The summed E-state index contributed by atoms with van der Waals surface area (Å²) < 4.78 is 6.21.